The van der Waals surface area contributed by atoms with E-state index in [0.717, 1.165) is 11.1 Å². The Bertz CT molecular complexity index is 1070. The Balaban J connectivity index is 1.85. The zero-order chi connectivity index (χ0) is 18.8. The van der Waals surface area contributed by atoms with Crippen LogP contribution in [0.1, 0.15) is 21.5 Å². The Hall–Kier alpha value is -3.42. The number of halogens is 1. The van der Waals surface area contributed by atoms with Gasteiger partial charge in [-0.2, -0.15) is 5.26 Å². The maximum absolute atomic E-state index is 13.1. The molecule has 1 aliphatic rings. The van der Waals surface area contributed by atoms with E-state index in [1.807, 2.05) is 54.6 Å². The fraction of sp³-hybridized carbons (Fsp3) is 0.0455. The second-order valence-electron chi connectivity index (χ2n) is 6.05. The summed E-state index contributed by atoms with van der Waals surface area (Å²) in [6.45, 7) is 0. The largest absolute Gasteiger partial charge is 0.272 e. The third-order valence-electron chi connectivity index (χ3n) is 4.39. The molecule has 1 atom stereocenters. The summed E-state index contributed by atoms with van der Waals surface area (Å²) in [6.07, 6.45) is -0.946. The van der Waals surface area contributed by atoms with Crippen molar-refractivity contribution >= 4 is 28.9 Å². The van der Waals surface area contributed by atoms with Crippen molar-refractivity contribution in [1.29, 1.82) is 5.26 Å². The Labute approximate surface area is 162 Å². The second-order valence-corrected chi connectivity index (χ2v) is 6.48. The third-order valence-corrected chi connectivity index (χ3v) is 4.64. The van der Waals surface area contributed by atoms with Crippen LogP contribution in [0.2, 0.25) is 5.02 Å². The van der Waals surface area contributed by atoms with Gasteiger partial charge >= 0.3 is 0 Å². The standard InChI is InChI=1S/C22H14ClN3O/c23-17-12-10-16(11-13-17)22(27)26-19-9-5-4-8-18(19)21(25-20(26)14-24)15-6-2-1-3-7-15/h1-13,20H/t20-/m0/s1. The lowest BCUT2D eigenvalue weighted by Crippen LogP contribution is -2.42. The van der Waals surface area contributed by atoms with Crippen LogP contribution in [-0.4, -0.2) is 17.8 Å². The maximum atomic E-state index is 13.1. The molecule has 3 aromatic carbocycles. The number of aliphatic imine (C=N–C) groups is 1. The highest BCUT2D eigenvalue weighted by molar-refractivity contribution is 6.30. The molecule has 0 N–H and O–H groups in total. The summed E-state index contributed by atoms with van der Waals surface area (Å²) in [4.78, 5) is 19.2. The second kappa shape index (κ2) is 7.06. The van der Waals surface area contributed by atoms with E-state index in [1.165, 1.54) is 4.90 Å². The smallest absolute Gasteiger partial charge is 0.260 e. The highest BCUT2D eigenvalue weighted by Gasteiger charge is 2.33. The zero-order valence-electron chi connectivity index (χ0n) is 14.2. The summed E-state index contributed by atoms with van der Waals surface area (Å²) in [5, 5.41) is 10.3. The minimum absolute atomic E-state index is 0.290. The van der Waals surface area contributed by atoms with Crippen LogP contribution in [-0.2, 0) is 0 Å². The molecule has 1 aliphatic heterocycles. The van der Waals surface area contributed by atoms with E-state index >= 15 is 0 Å². The number of para-hydroxylation sites is 1. The zero-order valence-corrected chi connectivity index (χ0v) is 15.0. The normalized spacial score (nSPS) is 15.5. The molecule has 0 saturated carbocycles. The van der Waals surface area contributed by atoms with E-state index in [1.54, 1.807) is 24.3 Å². The molecule has 0 unspecified atom stereocenters. The topological polar surface area (TPSA) is 56.5 Å². The Morgan fingerprint density at radius 3 is 2.33 bits per heavy atom. The van der Waals surface area contributed by atoms with E-state index in [0.29, 0.717) is 22.0 Å². The van der Waals surface area contributed by atoms with Crippen LogP contribution in [0.5, 0.6) is 0 Å². The van der Waals surface area contributed by atoms with Gasteiger partial charge in [-0.3, -0.25) is 9.69 Å². The molecule has 5 heteroatoms. The van der Waals surface area contributed by atoms with Crippen molar-refractivity contribution in [3.63, 3.8) is 0 Å². The molecule has 1 heterocycles. The molecule has 4 nitrogen and oxygen atoms in total. The van der Waals surface area contributed by atoms with Crippen LogP contribution < -0.4 is 4.90 Å². The lowest BCUT2D eigenvalue weighted by Gasteiger charge is -2.32. The van der Waals surface area contributed by atoms with Crippen LogP contribution in [0, 0.1) is 11.3 Å². The van der Waals surface area contributed by atoms with Crippen molar-refractivity contribution < 1.29 is 4.79 Å². The molecule has 0 radical (unpaired) electrons. The van der Waals surface area contributed by atoms with Crippen molar-refractivity contribution in [2.45, 2.75) is 6.17 Å². The third kappa shape index (κ3) is 3.10. The molecule has 130 valence electrons. The molecule has 27 heavy (non-hydrogen) atoms. The molecular weight excluding hydrogens is 358 g/mol. The predicted octanol–water partition coefficient (Wildman–Crippen LogP) is 4.69. The molecule has 4 rings (SSSR count). The first-order valence-corrected chi connectivity index (χ1v) is 8.78. The summed E-state index contributed by atoms with van der Waals surface area (Å²) in [5.41, 5.74) is 3.55. The summed E-state index contributed by atoms with van der Waals surface area (Å²) < 4.78 is 0. The molecule has 1 amide bonds. The number of anilines is 1. The Morgan fingerprint density at radius 2 is 1.63 bits per heavy atom. The first-order chi connectivity index (χ1) is 13.2. The number of nitriles is 1. The predicted molar refractivity (Wildman–Crippen MR) is 106 cm³/mol. The van der Waals surface area contributed by atoms with Crippen LogP contribution >= 0.6 is 11.6 Å². The van der Waals surface area contributed by atoms with Gasteiger partial charge in [0.25, 0.3) is 5.91 Å². The van der Waals surface area contributed by atoms with Gasteiger partial charge in [-0.25, -0.2) is 4.99 Å². The van der Waals surface area contributed by atoms with Gasteiger partial charge in [0, 0.05) is 21.7 Å². The summed E-state index contributed by atoms with van der Waals surface area (Å²) in [5.74, 6) is -0.290. The van der Waals surface area contributed by atoms with Crippen LogP contribution in [0.15, 0.2) is 83.9 Å². The molecule has 0 aliphatic carbocycles. The van der Waals surface area contributed by atoms with Crippen LogP contribution in [0.25, 0.3) is 0 Å². The lowest BCUT2D eigenvalue weighted by molar-refractivity contribution is 0.0982. The van der Waals surface area contributed by atoms with E-state index in [4.69, 9.17) is 11.6 Å². The molecule has 0 fully saturated rings. The number of nitrogens with zero attached hydrogens (tertiary/aromatic N) is 3. The number of amides is 1. The molecular formula is C22H14ClN3O. The number of hydrogen-bond donors (Lipinski definition) is 0. The van der Waals surface area contributed by atoms with E-state index in [2.05, 4.69) is 11.1 Å². The quantitative estimate of drug-likeness (QED) is 0.656. The number of fused-ring (bicyclic) bond motifs is 1. The number of carbonyl (C=O) groups is 1. The Kier molecular flexibility index (Phi) is 4.45. The number of rotatable bonds is 2. The lowest BCUT2D eigenvalue weighted by atomic mass is 9.97. The van der Waals surface area contributed by atoms with E-state index in [9.17, 15) is 10.1 Å². The Morgan fingerprint density at radius 1 is 0.963 bits per heavy atom. The summed E-state index contributed by atoms with van der Waals surface area (Å²) >= 11 is 5.93. The van der Waals surface area contributed by atoms with Crippen molar-refractivity contribution in [1.82, 2.24) is 0 Å². The van der Waals surface area contributed by atoms with Gasteiger partial charge in [0.05, 0.1) is 11.4 Å². The SMILES string of the molecule is N#C[C@H]1N=C(c2ccccc2)c2ccccc2N1C(=O)c1ccc(Cl)cc1. The highest BCUT2D eigenvalue weighted by Crippen LogP contribution is 2.32. The monoisotopic (exact) mass is 371 g/mol. The van der Waals surface area contributed by atoms with Crippen molar-refractivity contribution in [2.75, 3.05) is 4.90 Å². The molecule has 0 bridgehead atoms. The van der Waals surface area contributed by atoms with Gasteiger partial charge in [-0.05, 0) is 30.3 Å². The minimum atomic E-state index is -0.946. The van der Waals surface area contributed by atoms with Gasteiger partial charge in [0.2, 0.25) is 6.17 Å². The van der Waals surface area contributed by atoms with Crippen LogP contribution in [0.3, 0.4) is 0 Å². The fourth-order valence-corrected chi connectivity index (χ4v) is 3.26. The first-order valence-electron chi connectivity index (χ1n) is 8.40. The molecule has 0 aromatic heterocycles. The summed E-state index contributed by atoms with van der Waals surface area (Å²) in [6, 6.07) is 25.9. The maximum Gasteiger partial charge on any atom is 0.260 e. The minimum Gasteiger partial charge on any atom is -0.272 e. The van der Waals surface area contributed by atoms with Gasteiger partial charge in [-0.15, -0.1) is 0 Å². The van der Waals surface area contributed by atoms with Gasteiger partial charge in [0.1, 0.15) is 6.07 Å². The average molecular weight is 372 g/mol. The van der Waals surface area contributed by atoms with E-state index < -0.39 is 6.17 Å². The average Bonchev–Trinajstić information content (AvgIpc) is 2.73. The number of benzene rings is 3. The van der Waals surface area contributed by atoms with Gasteiger partial charge in [0.15, 0.2) is 0 Å². The molecule has 3 aromatic rings. The number of carbonyl (C=O) groups excluding carboxylic acids is 1. The molecule has 0 spiro atoms. The van der Waals surface area contributed by atoms with Gasteiger partial charge < -0.3 is 0 Å². The van der Waals surface area contributed by atoms with Crippen LogP contribution in [0.4, 0.5) is 5.69 Å². The van der Waals surface area contributed by atoms with Gasteiger partial charge in [-0.1, -0.05) is 60.1 Å². The molecule has 0 saturated heterocycles. The van der Waals surface area contributed by atoms with Crippen molar-refractivity contribution in [3.8, 4) is 6.07 Å². The number of hydrogen-bond acceptors (Lipinski definition) is 3. The fourth-order valence-electron chi connectivity index (χ4n) is 3.13. The summed E-state index contributed by atoms with van der Waals surface area (Å²) in [7, 11) is 0. The van der Waals surface area contributed by atoms with Crippen molar-refractivity contribution in [2.24, 2.45) is 4.99 Å². The highest BCUT2D eigenvalue weighted by atomic mass is 35.5. The first kappa shape index (κ1) is 17.0. The van der Waals surface area contributed by atoms with Crippen molar-refractivity contribution in [3.05, 3.63) is 101 Å². The van der Waals surface area contributed by atoms with E-state index in [-0.39, 0.29) is 5.91 Å².